The van der Waals surface area contributed by atoms with Crippen molar-refractivity contribution < 1.29 is 4.74 Å². The molecule has 0 aliphatic rings. The predicted molar refractivity (Wildman–Crippen MR) is 88.7 cm³/mol. The van der Waals surface area contributed by atoms with Crippen molar-refractivity contribution >= 4 is 0 Å². The van der Waals surface area contributed by atoms with E-state index in [0.717, 1.165) is 25.3 Å². The highest BCUT2D eigenvalue weighted by Gasteiger charge is 2.10. The fourth-order valence-electron chi connectivity index (χ4n) is 2.40. The summed E-state index contributed by atoms with van der Waals surface area (Å²) >= 11 is 0. The van der Waals surface area contributed by atoms with Gasteiger partial charge in [0, 0.05) is 19.1 Å². The third kappa shape index (κ3) is 4.91. The molecule has 0 saturated carbocycles. The van der Waals surface area contributed by atoms with Gasteiger partial charge in [0.05, 0.1) is 7.11 Å². The SMILES string of the molecule is COc1ccc(CN(CCc2ccccc2)C(C)C)cc1. The third-order valence-electron chi connectivity index (χ3n) is 3.81. The van der Waals surface area contributed by atoms with Gasteiger partial charge in [-0.25, -0.2) is 0 Å². The van der Waals surface area contributed by atoms with Crippen molar-refractivity contribution in [3.8, 4) is 5.75 Å². The van der Waals surface area contributed by atoms with Gasteiger partial charge in [-0.05, 0) is 43.5 Å². The second-order valence-electron chi connectivity index (χ2n) is 5.65. The summed E-state index contributed by atoms with van der Waals surface area (Å²) in [6.07, 6.45) is 1.09. The molecule has 0 unspecified atom stereocenters. The van der Waals surface area contributed by atoms with E-state index in [0.29, 0.717) is 6.04 Å². The second-order valence-corrected chi connectivity index (χ2v) is 5.65. The van der Waals surface area contributed by atoms with E-state index in [1.807, 2.05) is 12.1 Å². The van der Waals surface area contributed by atoms with Gasteiger partial charge in [0.15, 0.2) is 0 Å². The van der Waals surface area contributed by atoms with Crippen LogP contribution >= 0.6 is 0 Å². The largest absolute Gasteiger partial charge is 0.497 e. The molecule has 0 fully saturated rings. The lowest BCUT2D eigenvalue weighted by atomic mass is 10.1. The first kappa shape index (κ1) is 15.6. The fraction of sp³-hybridized carbons (Fsp3) is 0.368. The van der Waals surface area contributed by atoms with Crippen molar-refractivity contribution in [2.75, 3.05) is 13.7 Å². The number of rotatable bonds is 7. The Kier molecular flexibility index (Phi) is 5.82. The first-order valence-electron chi connectivity index (χ1n) is 7.60. The van der Waals surface area contributed by atoms with Gasteiger partial charge >= 0.3 is 0 Å². The summed E-state index contributed by atoms with van der Waals surface area (Å²) in [5.41, 5.74) is 2.73. The highest BCUT2D eigenvalue weighted by Crippen LogP contribution is 2.15. The van der Waals surface area contributed by atoms with Gasteiger partial charge in [0.25, 0.3) is 0 Å². The first-order valence-corrected chi connectivity index (χ1v) is 7.60. The van der Waals surface area contributed by atoms with Crippen LogP contribution in [0.4, 0.5) is 0 Å². The van der Waals surface area contributed by atoms with Crippen molar-refractivity contribution in [2.24, 2.45) is 0 Å². The summed E-state index contributed by atoms with van der Waals surface area (Å²) in [4.78, 5) is 2.51. The normalized spacial score (nSPS) is 11.1. The fourth-order valence-corrected chi connectivity index (χ4v) is 2.40. The van der Waals surface area contributed by atoms with Gasteiger partial charge in [0.2, 0.25) is 0 Å². The van der Waals surface area contributed by atoms with Crippen LogP contribution in [-0.2, 0) is 13.0 Å². The van der Waals surface area contributed by atoms with Gasteiger partial charge < -0.3 is 4.74 Å². The molecule has 2 nitrogen and oxygen atoms in total. The molecule has 2 aromatic rings. The molecule has 2 heteroatoms. The number of hydrogen-bond donors (Lipinski definition) is 0. The molecular weight excluding hydrogens is 258 g/mol. The molecule has 0 amide bonds. The standard InChI is InChI=1S/C19H25NO/c1-16(2)20(14-13-17-7-5-4-6-8-17)15-18-9-11-19(21-3)12-10-18/h4-12,16H,13-15H2,1-3H3. The van der Waals surface area contributed by atoms with Crippen molar-refractivity contribution in [2.45, 2.75) is 32.9 Å². The predicted octanol–water partition coefficient (Wildman–Crippen LogP) is 4.15. The minimum atomic E-state index is 0.538. The zero-order valence-corrected chi connectivity index (χ0v) is 13.3. The number of hydrogen-bond acceptors (Lipinski definition) is 2. The maximum atomic E-state index is 5.21. The lowest BCUT2D eigenvalue weighted by Gasteiger charge is -2.26. The lowest BCUT2D eigenvalue weighted by Crippen LogP contribution is -2.32. The van der Waals surface area contributed by atoms with E-state index in [2.05, 4.69) is 61.2 Å². The van der Waals surface area contributed by atoms with Gasteiger partial charge in [-0.1, -0.05) is 42.5 Å². The number of ether oxygens (including phenoxy) is 1. The Morgan fingerprint density at radius 1 is 0.905 bits per heavy atom. The topological polar surface area (TPSA) is 12.5 Å². The third-order valence-corrected chi connectivity index (χ3v) is 3.81. The maximum Gasteiger partial charge on any atom is 0.118 e. The molecule has 0 N–H and O–H groups in total. The minimum Gasteiger partial charge on any atom is -0.497 e. The van der Waals surface area contributed by atoms with Crippen molar-refractivity contribution in [3.05, 3.63) is 65.7 Å². The first-order chi connectivity index (χ1) is 10.2. The summed E-state index contributed by atoms with van der Waals surface area (Å²) in [6.45, 7) is 6.57. The van der Waals surface area contributed by atoms with Crippen molar-refractivity contribution in [1.29, 1.82) is 0 Å². The van der Waals surface area contributed by atoms with Crippen LogP contribution in [0.5, 0.6) is 5.75 Å². The van der Waals surface area contributed by atoms with E-state index in [-0.39, 0.29) is 0 Å². The average molecular weight is 283 g/mol. The molecule has 0 saturated heterocycles. The van der Waals surface area contributed by atoms with Crippen molar-refractivity contribution in [3.63, 3.8) is 0 Å². The molecule has 0 radical (unpaired) electrons. The Morgan fingerprint density at radius 3 is 2.14 bits per heavy atom. The quantitative estimate of drug-likeness (QED) is 0.757. The van der Waals surface area contributed by atoms with E-state index < -0.39 is 0 Å². The van der Waals surface area contributed by atoms with Gasteiger partial charge in [-0.2, -0.15) is 0 Å². The molecule has 112 valence electrons. The Bertz CT molecular complexity index is 519. The van der Waals surface area contributed by atoms with E-state index in [1.165, 1.54) is 11.1 Å². The Balaban J connectivity index is 1.95. The summed E-state index contributed by atoms with van der Waals surface area (Å²) in [6, 6.07) is 19.6. The zero-order chi connectivity index (χ0) is 15.1. The molecule has 2 rings (SSSR count). The van der Waals surface area contributed by atoms with Crippen LogP contribution < -0.4 is 4.74 Å². The zero-order valence-electron chi connectivity index (χ0n) is 13.3. The summed E-state index contributed by atoms with van der Waals surface area (Å²) < 4.78 is 5.21. The van der Waals surface area contributed by atoms with Crippen molar-refractivity contribution in [1.82, 2.24) is 4.90 Å². The molecule has 0 aliphatic heterocycles. The summed E-state index contributed by atoms with van der Waals surface area (Å²) in [5, 5.41) is 0. The maximum absolute atomic E-state index is 5.21. The molecule has 21 heavy (non-hydrogen) atoms. The summed E-state index contributed by atoms with van der Waals surface area (Å²) in [7, 11) is 1.70. The minimum absolute atomic E-state index is 0.538. The monoisotopic (exact) mass is 283 g/mol. The average Bonchev–Trinajstić information content (AvgIpc) is 2.52. The van der Waals surface area contributed by atoms with E-state index in [1.54, 1.807) is 7.11 Å². The lowest BCUT2D eigenvalue weighted by molar-refractivity contribution is 0.215. The molecule has 2 aromatic carbocycles. The summed E-state index contributed by atoms with van der Waals surface area (Å²) in [5.74, 6) is 0.916. The van der Waals surface area contributed by atoms with Crippen LogP contribution in [0.15, 0.2) is 54.6 Å². The molecule has 0 spiro atoms. The number of benzene rings is 2. The van der Waals surface area contributed by atoms with Gasteiger partial charge in [0.1, 0.15) is 5.75 Å². The Labute approximate surface area is 128 Å². The van der Waals surface area contributed by atoms with Crippen LogP contribution in [0.3, 0.4) is 0 Å². The molecule has 0 heterocycles. The van der Waals surface area contributed by atoms with Crippen LogP contribution in [0.2, 0.25) is 0 Å². The van der Waals surface area contributed by atoms with Crippen LogP contribution in [-0.4, -0.2) is 24.6 Å². The number of methoxy groups -OCH3 is 1. The molecule has 0 atom stereocenters. The van der Waals surface area contributed by atoms with Gasteiger partial charge in [-0.15, -0.1) is 0 Å². The highest BCUT2D eigenvalue weighted by molar-refractivity contribution is 5.27. The van der Waals surface area contributed by atoms with Crippen LogP contribution in [0.1, 0.15) is 25.0 Å². The second kappa shape index (κ2) is 7.84. The van der Waals surface area contributed by atoms with E-state index in [9.17, 15) is 0 Å². The molecule has 0 aromatic heterocycles. The van der Waals surface area contributed by atoms with E-state index in [4.69, 9.17) is 4.74 Å². The molecule has 0 bridgehead atoms. The Hall–Kier alpha value is -1.80. The molecular formula is C19H25NO. The van der Waals surface area contributed by atoms with Crippen LogP contribution in [0.25, 0.3) is 0 Å². The molecule has 0 aliphatic carbocycles. The smallest absolute Gasteiger partial charge is 0.118 e. The van der Waals surface area contributed by atoms with Crippen LogP contribution in [0, 0.1) is 0 Å². The number of nitrogens with zero attached hydrogens (tertiary/aromatic N) is 1. The highest BCUT2D eigenvalue weighted by atomic mass is 16.5. The van der Waals surface area contributed by atoms with Gasteiger partial charge in [-0.3, -0.25) is 4.90 Å². The Morgan fingerprint density at radius 2 is 1.57 bits per heavy atom. The van der Waals surface area contributed by atoms with E-state index >= 15 is 0 Å².